The lowest BCUT2D eigenvalue weighted by atomic mass is 10.1. The Kier molecular flexibility index (Phi) is 4.87. The first kappa shape index (κ1) is 15.7. The Morgan fingerprint density at radius 3 is 2.50 bits per heavy atom. The number of nitrogens with zero attached hydrogens (tertiary/aromatic N) is 1. The lowest BCUT2D eigenvalue weighted by Crippen LogP contribution is -2.24. The van der Waals surface area contributed by atoms with Crippen LogP contribution < -0.4 is 10.6 Å². The molecule has 0 saturated carbocycles. The predicted molar refractivity (Wildman–Crippen MR) is 96.3 cm³/mol. The minimum Gasteiger partial charge on any atom is -0.348 e. The zero-order valence-electron chi connectivity index (χ0n) is 13.5. The van der Waals surface area contributed by atoms with Crippen molar-refractivity contribution >= 4 is 17.4 Å². The molecule has 0 unspecified atom stereocenters. The number of benzene rings is 2. The molecule has 4 heteroatoms. The molecule has 4 nitrogen and oxygen atoms in total. The second kappa shape index (κ2) is 7.42. The standard InChI is InChI=1S/C20H19N3O/c1-15-8-5-6-12-18(15)23-19-17(11-7-13-21-19)20(24)22-14-16-9-3-2-4-10-16/h2-13H,14H2,1H3,(H,21,23)(H,22,24). The molecule has 24 heavy (non-hydrogen) atoms. The van der Waals surface area contributed by atoms with Crippen molar-refractivity contribution in [3.05, 3.63) is 89.6 Å². The number of anilines is 2. The Hall–Kier alpha value is -3.14. The quantitative estimate of drug-likeness (QED) is 0.746. The topological polar surface area (TPSA) is 54.0 Å². The van der Waals surface area contributed by atoms with Gasteiger partial charge in [0, 0.05) is 18.4 Å². The largest absolute Gasteiger partial charge is 0.348 e. The summed E-state index contributed by atoms with van der Waals surface area (Å²) in [6.45, 7) is 2.50. The number of para-hydroxylation sites is 1. The molecule has 0 aliphatic rings. The third-order valence-electron chi connectivity index (χ3n) is 3.75. The second-order valence-electron chi connectivity index (χ2n) is 5.51. The van der Waals surface area contributed by atoms with Crippen LogP contribution in [0, 0.1) is 6.92 Å². The molecule has 3 aromatic rings. The molecule has 1 aromatic heterocycles. The van der Waals surface area contributed by atoms with Crippen LogP contribution in [0.3, 0.4) is 0 Å². The molecule has 1 amide bonds. The zero-order valence-corrected chi connectivity index (χ0v) is 13.5. The number of hydrogen-bond donors (Lipinski definition) is 2. The predicted octanol–water partition coefficient (Wildman–Crippen LogP) is 4.06. The van der Waals surface area contributed by atoms with Crippen molar-refractivity contribution in [1.29, 1.82) is 0 Å². The summed E-state index contributed by atoms with van der Waals surface area (Å²) in [5.41, 5.74) is 3.62. The van der Waals surface area contributed by atoms with E-state index < -0.39 is 0 Å². The van der Waals surface area contributed by atoms with Gasteiger partial charge in [-0.3, -0.25) is 4.79 Å². The molecule has 0 saturated heterocycles. The number of nitrogens with one attached hydrogen (secondary N) is 2. The lowest BCUT2D eigenvalue weighted by molar-refractivity contribution is 0.0951. The van der Waals surface area contributed by atoms with Crippen molar-refractivity contribution in [2.24, 2.45) is 0 Å². The minimum atomic E-state index is -0.150. The third kappa shape index (κ3) is 3.79. The molecule has 2 N–H and O–H groups in total. The van der Waals surface area contributed by atoms with Crippen molar-refractivity contribution in [3.63, 3.8) is 0 Å². The highest BCUT2D eigenvalue weighted by atomic mass is 16.1. The van der Waals surface area contributed by atoms with E-state index in [-0.39, 0.29) is 5.91 Å². The van der Waals surface area contributed by atoms with Gasteiger partial charge in [-0.25, -0.2) is 4.98 Å². The van der Waals surface area contributed by atoms with Crippen LogP contribution in [0.2, 0.25) is 0 Å². The van der Waals surface area contributed by atoms with Crippen molar-refractivity contribution < 1.29 is 4.79 Å². The molecule has 0 fully saturated rings. The van der Waals surface area contributed by atoms with Crippen molar-refractivity contribution in [3.8, 4) is 0 Å². The van der Waals surface area contributed by atoms with E-state index in [1.807, 2.05) is 61.5 Å². The van der Waals surface area contributed by atoms with Gasteiger partial charge in [0.25, 0.3) is 5.91 Å². The van der Waals surface area contributed by atoms with E-state index in [2.05, 4.69) is 15.6 Å². The molecule has 0 atom stereocenters. The van der Waals surface area contributed by atoms with Crippen LogP contribution >= 0.6 is 0 Å². The highest BCUT2D eigenvalue weighted by Crippen LogP contribution is 2.21. The molecule has 0 aliphatic heterocycles. The van der Waals surface area contributed by atoms with Crippen molar-refractivity contribution in [2.75, 3.05) is 5.32 Å². The van der Waals surface area contributed by atoms with Crippen LogP contribution in [-0.4, -0.2) is 10.9 Å². The fourth-order valence-corrected chi connectivity index (χ4v) is 2.40. The molecule has 0 bridgehead atoms. The van der Waals surface area contributed by atoms with Gasteiger partial charge >= 0.3 is 0 Å². The summed E-state index contributed by atoms with van der Waals surface area (Å²) in [5.74, 6) is 0.403. The van der Waals surface area contributed by atoms with Crippen LogP contribution in [0.15, 0.2) is 72.9 Å². The van der Waals surface area contributed by atoms with Gasteiger partial charge in [-0.2, -0.15) is 0 Å². The highest BCUT2D eigenvalue weighted by Gasteiger charge is 2.12. The lowest BCUT2D eigenvalue weighted by Gasteiger charge is -2.12. The van der Waals surface area contributed by atoms with Crippen LogP contribution in [0.1, 0.15) is 21.5 Å². The van der Waals surface area contributed by atoms with Gasteiger partial charge in [0.1, 0.15) is 5.82 Å². The summed E-state index contributed by atoms with van der Waals surface area (Å²) in [6.07, 6.45) is 1.68. The van der Waals surface area contributed by atoms with Gasteiger partial charge in [-0.15, -0.1) is 0 Å². The number of amides is 1. The van der Waals surface area contributed by atoms with Gasteiger partial charge in [-0.1, -0.05) is 48.5 Å². The number of carbonyl (C=O) groups excluding carboxylic acids is 1. The summed E-state index contributed by atoms with van der Waals surface area (Å²) in [5, 5.41) is 6.19. The van der Waals surface area contributed by atoms with Gasteiger partial charge < -0.3 is 10.6 Å². The van der Waals surface area contributed by atoms with E-state index in [9.17, 15) is 4.79 Å². The Labute approximate surface area is 141 Å². The summed E-state index contributed by atoms with van der Waals surface area (Å²) >= 11 is 0. The molecule has 0 spiro atoms. The van der Waals surface area contributed by atoms with Crippen molar-refractivity contribution in [1.82, 2.24) is 10.3 Å². The molecule has 0 radical (unpaired) electrons. The number of hydrogen-bond acceptors (Lipinski definition) is 3. The van der Waals surface area contributed by atoms with Crippen LogP contribution in [0.5, 0.6) is 0 Å². The van der Waals surface area contributed by atoms with Crippen LogP contribution in [0.25, 0.3) is 0 Å². The van der Waals surface area contributed by atoms with Crippen LogP contribution in [0.4, 0.5) is 11.5 Å². The molecule has 120 valence electrons. The smallest absolute Gasteiger partial charge is 0.255 e. The van der Waals surface area contributed by atoms with E-state index in [1.165, 1.54) is 0 Å². The first-order chi connectivity index (χ1) is 11.7. The maximum atomic E-state index is 12.5. The fourth-order valence-electron chi connectivity index (χ4n) is 2.40. The molecule has 1 heterocycles. The average Bonchev–Trinajstić information content (AvgIpc) is 2.63. The Morgan fingerprint density at radius 1 is 0.958 bits per heavy atom. The Bertz CT molecular complexity index is 831. The summed E-state index contributed by atoms with van der Waals surface area (Å²) in [7, 11) is 0. The minimum absolute atomic E-state index is 0.150. The maximum Gasteiger partial charge on any atom is 0.255 e. The summed E-state index contributed by atoms with van der Waals surface area (Å²) < 4.78 is 0. The number of aromatic nitrogens is 1. The number of aryl methyl sites for hydroxylation is 1. The summed E-state index contributed by atoms with van der Waals surface area (Å²) in [6, 6.07) is 21.3. The van der Waals surface area contributed by atoms with E-state index in [0.29, 0.717) is 17.9 Å². The number of rotatable bonds is 5. The number of pyridine rings is 1. The van der Waals surface area contributed by atoms with Gasteiger partial charge in [-0.05, 0) is 36.2 Å². The van der Waals surface area contributed by atoms with E-state index in [1.54, 1.807) is 18.3 Å². The zero-order chi connectivity index (χ0) is 16.8. The molecule has 2 aromatic carbocycles. The molecular weight excluding hydrogens is 298 g/mol. The Morgan fingerprint density at radius 2 is 1.71 bits per heavy atom. The normalized spacial score (nSPS) is 10.2. The molecule has 3 rings (SSSR count). The highest BCUT2D eigenvalue weighted by molar-refractivity contribution is 5.99. The first-order valence-electron chi connectivity index (χ1n) is 7.84. The van der Waals surface area contributed by atoms with E-state index in [0.717, 1.165) is 16.8 Å². The first-order valence-corrected chi connectivity index (χ1v) is 7.84. The van der Waals surface area contributed by atoms with Gasteiger partial charge in [0.2, 0.25) is 0 Å². The third-order valence-corrected chi connectivity index (χ3v) is 3.75. The fraction of sp³-hybridized carbons (Fsp3) is 0.100. The molecular formula is C20H19N3O. The maximum absolute atomic E-state index is 12.5. The van der Waals surface area contributed by atoms with Gasteiger partial charge in [0.15, 0.2) is 0 Å². The molecule has 0 aliphatic carbocycles. The second-order valence-corrected chi connectivity index (χ2v) is 5.51. The number of carbonyl (C=O) groups is 1. The SMILES string of the molecule is Cc1ccccc1Nc1ncccc1C(=O)NCc1ccccc1. The van der Waals surface area contributed by atoms with E-state index >= 15 is 0 Å². The van der Waals surface area contributed by atoms with Crippen LogP contribution in [-0.2, 0) is 6.54 Å². The Balaban J connectivity index is 1.76. The van der Waals surface area contributed by atoms with Crippen molar-refractivity contribution in [2.45, 2.75) is 13.5 Å². The van der Waals surface area contributed by atoms with E-state index in [4.69, 9.17) is 0 Å². The average molecular weight is 317 g/mol. The monoisotopic (exact) mass is 317 g/mol. The van der Waals surface area contributed by atoms with Gasteiger partial charge in [0.05, 0.1) is 5.56 Å². The summed E-state index contributed by atoms with van der Waals surface area (Å²) in [4.78, 5) is 16.8.